The Morgan fingerprint density at radius 2 is 1.96 bits per heavy atom. The van der Waals surface area contributed by atoms with Crippen LogP contribution in [0.5, 0.6) is 0 Å². The fourth-order valence-corrected chi connectivity index (χ4v) is 2.74. The Kier molecular flexibility index (Phi) is 6.85. The Labute approximate surface area is 144 Å². The second-order valence-electron chi connectivity index (χ2n) is 5.77. The third-order valence-corrected chi connectivity index (χ3v) is 4.21. The van der Waals surface area contributed by atoms with E-state index in [2.05, 4.69) is 65.8 Å². The first-order chi connectivity index (χ1) is 11.7. The molecule has 2 aromatic rings. The van der Waals surface area contributed by atoms with E-state index < -0.39 is 0 Å². The maximum Gasteiger partial charge on any atom is 0.191 e. The zero-order valence-corrected chi connectivity index (χ0v) is 15.1. The molecule has 5 heteroatoms. The van der Waals surface area contributed by atoms with Gasteiger partial charge in [0.25, 0.3) is 0 Å². The summed E-state index contributed by atoms with van der Waals surface area (Å²) in [5, 5.41) is 10.9. The Morgan fingerprint density at radius 3 is 2.62 bits per heavy atom. The molecule has 0 amide bonds. The van der Waals surface area contributed by atoms with Crippen molar-refractivity contribution in [1.82, 2.24) is 15.8 Å². The average Bonchev–Trinajstić information content (AvgIpc) is 3.01. The van der Waals surface area contributed by atoms with Gasteiger partial charge in [0.05, 0.1) is 5.69 Å². The fraction of sp³-hybridized carbons (Fsp3) is 0.474. The molecular formula is C19H28N4O. The molecule has 24 heavy (non-hydrogen) atoms. The minimum absolute atomic E-state index is 0.680. The summed E-state index contributed by atoms with van der Waals surface area (Å²) in [5.74, 6) is 1.75. The summed E-state index contributed by atoms with van der Waals surface area (Å²) in [6.07, 6.45) is 2.70. The number of hydrogen-bond donors (Lipinski definition) is 2. The van der Waals surface area contributed by atoms with Crippen molar-refractivity contribution in [1.29, 1.82) is 0 Å². The van der Waals surface area contributed by atoms with Crippen molar-refractivity contribution in [2.24, 2.45) is 4.99 Å². The van der Waals surface area contributed by atoms with Crippen LogP contribution in [0.1, 0.15) is 42.0 Å². The first kappa shape index (κ1) is 18.0. The Bertz CT molecular complexity index is 654. The van der Waals surface area contributed by atoms with Crippen LogP contribution in [0.2, 0.25) is 0 Å². The predicted octanol–water partition coefficient (Wildman–Crippen LogP) is 3.02. The van der Waals surface area contributed by atoms with Crippen molar-refractivity contribution in [3.8, 4) is 0 Å². The molecule has 2 rings (SSSR count). The highest BCUT2D eigenvalue weighted by atomic mass is 16.5. The Morgan fingerprint density at radius 1 is 1.17 bits per heavy atom. The molecular weight excluding hydrogens is 300 g/mol. The SMILES string of the molecule is CCc1noc(CC)c1CNC(=NC)NCCc1ccccc1C. The molecule has 1 heterocycles. The number of guanidine groups is 1. The van der Waals surface area contributed by atoms with Crippen LogP contribution < -0.4 is 10.6 Å². The molecule has 1 aromatic carbocycles. The minimum atomic E-state index is 0.680. The van der Waals surface area contributed by atoms with Crippen LogP contribution in [-0.4, -0.2) is 24.7 Å². The van der Waals surface area contributed by atoms with E-state index in [4.69, 9.17) is 4.52 Å². The van der Waals surface area contributed by atoms with Crippen LogP contribution in [0.4, 0.5) is 0 Å². The van der Waals surface area contributed by atoms with Crippen molar-refractivity contribution in [3.05, 3.63) is 52.4 Å². The molecule has 0 fully saturated rings. The van der Waals surface area contributed by atoms with Crippen LogP contribution in [0.3, 0.4) is 0 Å². The molecule has 0 spiro atoms. The van der Waals surface area contributed by atoms with Crippen LogP contribution >= 0.6 is 0 Å². The van der Waals surface area contributed by atoms with Crippen molar-refractivity contribution in [2.75, 3.05) is 13.6 Å². The molecule has 0 atom stereocenters. The minimum Gasteiger partial charge on any atom is -0.361 e. The third-order valence-electron chi connectivity index (χ3n) is 4.21. The molecule has 0 saturated carbocycles. The highest BCUT2D eigenvalue weighted by Gasteiger charge is 2.13. The molecule has 5 nitrogen and oxygen atoms in total. The summed E-state index contributed by atoms with van der Waals surface area (Å²) >= 11 is 0. The first-order valence-electron chi connectivity index (χ1n) is 8.64. The third kappa shape index (κ3) is 4.60. The van der Waals surface area contributed by atoms with E-state index in [1.807, 2.05) is 0 Å². The van der Waals surface area contributed by atoms with E-state index >= 15 is 0 Å². The lowest BCUT2D eigenvalue weighted by Gasteiger charge is -2.13. The number of nitrogens with zero attached hydrogens (tertiary/aromatic N) is 2. The van der Waals surface area contributed by atoms with Crippen LogP contribution in [0.25, 0.3) is 0 Å². The normalized spacial score (nSPS) is 11.6. The molecule has 0 aliphatic heterocycles. The van der Waals surface area contributed by atoms with E-state index in [9.17, 15) is 0 Å². The predicted molar refractivity (Wildman–Crippen MR) is 98.3 cm³/mol. The molecule has 0 aliphatic carbocycles. The summed E-state index contributed by atoms with van der Waals surface area (Å²) in [5.41, 5.74) is 4.87. The van der Waals surface area contributed by atoms with Crippen molar-refractivity contribution in [2.45, 2.75) is 46.6 Å². The highest BCUT2D eigenvalue weighted by Crippen LogP contribution is 2.15. The van der Waals surface area contributed by atoms with Gasteiger partial charge in [-0.1, -0.05) is 43.3 Å². The van der Waals surface area contributed by atoms with E-state index in [-0.39, 0.29) is 0 Å². The quantitative estimate of drug-likeness (QED) is 0.606. The summed E-state index contributed by atoms with van der Waals surface area (Å²) < 4.78 is 5.40. The molecule has 0 saturated heterocycles. The lowest BCUT2D eigenvalue weighted by molar-refractivity contribution is 0.380. The van der Waals surface area contributed by atoms with Gasteiger partial charge >= 0.3 is 0 Å². The molecule has 1 aromatic heterocycles. The largest absolute Gasteiger partial charge is 0.361 e. The number of hydrogen-bond acceptors (Lipinski definition) is 3. The molecule has 0 radical (unpaired) electrons. The molecule has 0 unspecified atom stereocenters. The fourth-order valence-electron chi connectivity index (χ4n) is 2.74. The summed E-state index contributed by atoms with van der Waals surface area (Å²) in [4.78, 5) is 4.30. The summed E-state index contributed by atoms with van der Waals surface area (Å²) in [6, 6.07) is 8.47. The van der Waals surface area contributed by atoms with E-state index in [0.717, 1.165) is 48.8 Å². The zero-order chi connectivity index (χ0) is 17.4. The van der Waals surface area contributed by atoms with Gasteiger partial charge in [0.1, 0.15) is 5.76 Å². The summed E-state index contributed by atoms with van der Waals surface area (Å²) in [6.45, 7) is 7.84. The smallest absolute Gasteiger partial charge is 0.191 e. The summed E-state index contributed by atoms with van der Waals surface area (Å²) in [7, 11) is 1.79. The number of aliphatic imine (C=N–C) groups is 1. The maximum atomic E-state index is 5.40. The number of aromatic nitrogens is 1. The standard InChI is InChI=1S/C19H28N4O/c1-5-17-16(18(6-2)24-23-17)13-22-19(20-4)21-12-11-15-10-8-7-9-14(15)3/h7-10H,5-6,11-13H2,1-4H3,(H2,20,21,22). The zero-order valence-electron chi connectivity index (χ0n) is 15.1. The topological polar surface area (TPSA) is 62.5 Å². The van der Waals surface area contributed by atoms with Gasteiger partial charge in [-0.15, -0.1) is 0 Å². The van der Waals surface area contributed by atoms with Gasteiger partial charge in [-0.25, -0.2) is 0 Å². The lowest BCUT2D eigenvalue weighted by atomic mass is 10.1. The second kappa shape index (κ2) is 9.11. The van der Waals surface area contributed by atoms with E-state index in [0.29, 0.717) is 6.54 Å². The number of aryl methyl sites for hydroxylation is 3. The highest BCUT2D eigenvalue weighted by molar-refractivity contribution is 5.79. The van der Waals surface area contributed by atoms with Crippen molar-refractivity contribution in [3.63, 3.8) is 0 Å². The van der Waals surface area contributed by atoms with Gasteiger partial charge in [-0.05, 0) is 30.9 Å². The van der Waals surface area contributed by atoms with E-state index in [1.165, 1.54) is 11.1 Å². The monoisotopic (exact) mass is 328 g/mol. The van der Waals surface area contributed by atoms with Crippen LogP contribution in [-0.2, 0) is 25.8 Å². The lowest BCUT2D eigenvalue weighted by Crippen LogP contribution is -2.38. The Hall–Kier alpha value is -2.30. The van der Waals surface area contributed by atoms with Crippen LogP contribution in [0, 0.1) is 6.92 Å². The number of nitrogens with one attached hydrogen (secondary N) is 2. The van der Waals surface area contributed by atoms with Gasteiger partial charge in [0, 0.05) is 32.1 Å². The number of benzene rings is 1. The molecule has 130 valence electrons. The molecule has 0 aliphatic rings. The van der Waals surface area contributed by atoms with Gasteiger partial charge in [0.2, 0.25) is 0 Å². The second-order valence-corrected chi connectivity index (χ2v) is 5.77. The number of rotatable bonds is 7. The van der Waals surface area contributed by atoms with Gasteiger partial charge in [0.15, 0.2) is 5.96 Å². The molecule has 0 bridgehead atoms. The average molecular weight is 328 g/mol. The molecule has 2 N–H and O–H groups in total. The van der Waals surface area contributed by atoms with Crippen molar-refractivity contribution < 1.29 is 4.52 Å². The van der Waals surface area contributed by atoms with Crippen molar-refractivity contribution >= 4 is 5.96 Å². The van der Waals surface area contributed by atoms with Gasteiger partial charge < -0.3 is 15.2 Å². The van der Waals surface area contributed by atoms with Crippen LogP contribution in [0.15, 0.2) is 33.8 Å². The van der Waals surface area contributed by atoms with Gasteiger partial charge in [-0.2, -0.15) is 0 Å². The van der Waals surface area contributed by atoms with Gasteiger partial charge in [-0.3, -0.25) is 4.99 Å². The maximum absolute atomic E-state index is 5.40. The Balaban J connectivity index is 1.87. The first-order valence-corrected chi connectivity index (χ1v) is 8.64. The van der Waals surface area contributed by atoms with E-state index in [1.54, 1.807) is 7.05 Å².